The second kappa shape index (κ2) is 7.06. The summed E-state index contributed by atoms with van der Waals surface area (Å²) in [5.74, 6) is 0.757. The first-order valence-corrected chi connectivity index (χ1v) is 7.74. The van der Waals surface area contributed by atoms with Crippen LogP contribution in [0, 0.1) is 0 Å². The minimum absolute atomic E-state index is 0.142. The van der Waals surface area contributed by atoms with Gasteiger partial charge in [-0.1, -0.05) is 42.5 Å². The number of aliphatic hydroxyl groups excluding tert-OH is 1. The van der Waals surface area contributed by atoms with Gasteiger partial charge in [0.25, 0.3) is 0 Å². The number of nitrogens with zero attached hydrogens (tertiary/aromatic N) is 2. The van der Waals surface area contributed by atoms with Gasteiger partial charge >= 0.3 is 6.18 Å². The van der Waals surface area contributed by atoms with Crippen LogP contribution in [0.25, 0.3) is 0 Å². The van der Waals surface area contributed by atoms with E-state index in [1.54, 1.807) is 0 Å². The van der Waals surface area contributed by atoms with Crippen molar-refractivity contribution in [3.05, 3.63) is 82.9 Å². The van der Waals surface area contributed by atoms with E-state index in [9.17, 15) is 18.3 Å². The Morgan fingerprint density at radius 2 is 1.64 bits per heavy atom. The van der Waals surface area contributed by atoms with Crippen molar-refractivity contribution in [2.45, 2.75) is 25.1 Å². The van der Waals surface area contributed by atoms with E-state index >= 15 is 0 Å². The minimum Gasteiger partial charge on any atom is -0.380 e. The molecule has 0 spiro atoms. The molecule has 1 heterocycles. The highest BCUT2D eigenvalue weighted by molar-refractivity contribution is 5.28. The molecular weight excluding hydrogens is 331 g/mol. The van der Waals surface area contributed by atoms with E-state index in [2.05, 4.69) is 15.2 Å². The average Bonchev–Trinajstić information content (AvgIpc) is 3.08. The van der Waals surface area contributed by atoms with Crippen molar-refractivity contribution in [2.24, 2.45) is 0 Å². The van der Waals surface area contributed by atoms with Crippen LogP contribution in [0.1, 0.15) is 34.4 Å². The summed E-state index contributed by atoms with van der Waals surface area (Å²) in [5, 5.41) is 17.0. The number of alkyl halides is 3. The molecule has 0 saturated heterocycles. The molecule has 4 nitrogen and oxygen atoms in total. The molecule has 0 fully saturated rings. The maximum absolute atomic E-state index is 12.6. The van der Waals surface area contributed by atoms with E-state index in [1.807, 2.05) is 30.3 Å². The molecule has 7 heteroatoms. The van der Waals surface area contributed by atoms with Crippen molar-refractivity contribution in [2.75, 3.05) is 0 Å². The molecule has 3 rings (SSSR count). The smallest absolute Gasteiger partial charge is 0.380 e. The van der Waals surface area contributed by atoms with Gasteiger partial charge in [-0.2, -0.15) is 18.3 Å². The number of H-pyrrole nitrogens is 1. The molecule has 2 aromatic carbocycles. The maximum Gasteiger partial charge on any atom is 0.416 e. The van der Waals surface area contributed by atoms with Crippen LogP contribution in [-0.2, 0) is 19.0 Å². The lowest BCUT2D eigenvalue weighted by molar-refractivity contribution is -0.137. The number of hydrogen-bond donors (Lipinski definition) is 2. The van der Waals surface area contributed by atoms with Crippen LogP contribution in [0.15, 0.2) is 54.6 Å². The number of benzene rings is 2. The molecule has 0 aliphatic rings. The van der Waals surface area contributed by atoms with Gasteiger partial charge in [0.05, 0.1) is 5.56 Å². The van der Waals surface area contributed by atoms with Crippen LogP contribution in [0.4, 0.5) is 13.2 Å². The van der Waals surface area contributed by atoms with Crippen LogP contribution >= 0.6 is 0 Å². The van der Waals surface area contributed by atoms with Gasteiger partial charge in [0.15, 0.2) is 5.82 Å². The Labute approximate surface area is 142 Å². The van der Waals surface area contributed by atoms with Crippen LogP contribution in [0.2, 0.25) is 0 Å². The molecule has 0 amide bonds. The Morgan fingerprint density at radius 1 is 0.960 bits per heavy atom. The first-order chi connectivity index (χ1) is 11.9. The fraction of sp³-hybridized carbons (Fsp3) is 0.222. The molecule has 1 unspecified atom stereocenters. The zero-order valence-electron chi connectivity index (χ0n) is 13.2. The fourth-order valence-corrected chi connectivity index (χ4v) is 2.46. The van der Waals surface area contributed by atoms with E-state index < -0.39 is 17.8 Å². The lowest BCUT2D eigenvalue weighted by atomic mass is 10.1. The van der Waals surface area contributed by atoms with Gasteiger partial charge in [-0.15, -0.1) is 0 Å². The predicted molar refractivity (Wildman–Crippen MR) is 85.7 cm³/mol. The number of aromatic amines is 1. The summed E-state index contributed by atoms with van der Waals surface area (Å²) in [7, 11) is 0. The van der Waals surface area contributed by atoms with Gasteiger partial charge < -0.3 is 5.11 Å². The summed E-state index contributed by atoms with van der Waals surface area (Å²) >= 11 is 0. The zero-order valence-corrected chi connectivity index (χ0v) is 13.2. The highest BCUT2D eigenvalue weighted by Crippen LogP contribution is 2.30. The van der Waals surface area contributed by atoms with Gasteiger partial charge in [-0.05, 0) is 29.7 Å². The summed E-state index contributed by atoms with van der Waals surface area (Å²) in [4.78, 5) is 4.23. The van der Waals surface area contributed by atoms with Crippen LogP contribution in [0.5, 0.6) is 0 Å². The molecule has 0 radical (unpaired) electrons. The quantitative estimate of drug-likeness (QED) is 0.740. The number of hydrogen-bond acceptors (Lipinski definition) is 3. The van der Waals surface area contributed by atoms with E-state index in [-0.39, 0.29) is 5.82 Å². The van der Waals surface area contributed by atoms with Crippen molar-refractivity contribution in [1.82, 2.24) is 15.2 Å². The number of nitrogens with one attached hydrogen (secondary N) is 1. The van der Waals surface area contributed by atoms with Crippen molar-refractivity contribution in [3.8, 4) is 0 Å². The van der Waals surface area contributed by atoms with Gasteiger partial charge in [-0.3, -0.25) is 5.10 Å². The average molecular weight is 347 g/mol. The lowest BCUT2D eigenvalue weighted by Crippen LogP contribution is -2.06. The van der Waals surface area contributed by atoms with Gasteiger partial charge in [0.1, 0.15) is 11.9 Å². The van der Waals surface area contributed by atoms with Crippen molar-refractivity contribution >= 4 is 0 Å². The Balaban J connectivity index is 1.67. The largest absolute Gasteiger partial charge is 0.416 e. The first-order valence-electron chi connectivity index (χ1n) is 7.74. The molecule has 1 atom stereocenters. The lowest BCUT2D eigenvalue weighted by Gasteiger charge is -2.10. The highest BCUT2D eigenvalue weighted by atomic mass is 19.4. The third-order valence-corrected chi connectivity index (χ3v) is 3.84. The SMILES string of the molecule is OC(c1ccc(C(F)(F)F)cc1)c1n[nH]c(CCc2ccccc2)n1. The topological polar surface area (TPSA) is 61.8 Å². The summed E-state index contributed by atoms with van der Waals surface area (Å²) in [5.41, 5.74) is 0.701. The second-order valence-electron chi connectivity index (χ2n) is 5.65. The monoisotopic (exact) mass is 347 g/mol. The van der Waals surface area contributed by atoms with Gasteiger partial charge in [0, 0.05) is 6.42 Å². The number of aromatic nitrogens is 3. The zero-order chi connectivity index (χ0) is 17.9. The summed E-state index contributed by atoms with van der Waals surface area (Å²) in [6.07, 6.45) is -4.19. The fourth-order valence-electron chi connectivity index (χ4n) is 2.46. The van der Waals surface area contributed by atoms with E-state index in [1.165, 1.54) is 12.1 Å². The van der Waals surface area contributed by atoms with Crippen LogP contribution < -0.4 is 0 Å². The Bertz CT molecular complexity index is 814. The molecule has 1 aromatic heterocycles. The van der Waals surface area contributed by atoms with Gasteiger partial charge in [-0.25, -0.2) is 4.98 Å². The Kier molecular flexibility index (Phi) is 4.85. The van der Waals surface area contributed by atoms with E-state index in [4.69, 9.17) is 0 Å². The van der Waals surface area contributed by atoms with Crippen molar-refractivity contribution in [3.63, 3.8) is 0 Å². The third kappa shape index (κ3) is 4.24. The third-order valence-electron chi connectivity index (χ3n) is 3.84. The molecule has 0 aliphatic carbocycles. The molecule has 0 bridgehead atoms. The van der Waals surface area contributed by atoms with Crippen molar-refractivity contribution in [1.29, 1.82) is 0 Å². The van der Waals surface area contributed by atoms with Gasteiger partial charge in [0.2, 0.25) is 0 Å². The summed E-state index contributed by atoms with van der Waals surface area (Å²) in [6.45, 7) is 0. The molecule has 0 aliphatic heterocycles. The first kappa shape index (κ1) is 17.2. The van der Waals surface area contributed by atoms with Crippen LogP contribution in [0.3, 0.4) is 0 Å². The Morgan fingerprint density at radius 3 is 2.28 bits per heavy atom. The Hall–Kier alpha value is -2.67. The highest BCUT2D eigenvalue weighted by Gasteiger charge is 2.30. The molecule has 2 N–H and O–H groups in total. The number of halogens is 3. The maximum atomic E-state index is 12.6. The molecular formula is C18H16F3N3O. The minimum atomic E-state index is -4.40. The van der Waals surface area contributed by atoms with E-state index in [0.29, 0.717) is 17.8 Å². The number of rotatable bonds is 5. The standard InChI is InChI=1S/C18H16F3N3O/c19-18(20,21)14-9-7-13(8-10-14)16(25)17-22-15(23-24-17)11-6-12-4-2-1-3-5-12/h1-5,7-10,16,25H,6,11H2,(H,22,23,24). The van der Waals surface area contributed by atoms with Crippen molar-refractivity contribution < 1.29 is 18.3 Å². The van der Waals surface area contributed by atoms with E-state index in [0.717, 1.165) is 24.1 Å². The second-order valence-corrected chi connectivity index (χ2v) is 5.65. The molecule has 3 aromatic rings. The van der Waals surface area contributed by atoms with Crippen LogP contribution in [-0.4, -0.2) is 20.3 Å². The predicted octanol–water partition coefficient (Wildman–Crippen LogP) is 3.69. The molecule has 130 valence electrons. The summed E-state index contributed by atoms with van der Waals surface area (Å²) < 4.78 is 37.7. The number of aliphatic hydroxyl groups is 1. The normalized spacial score (nSPS) is 13.0. The molecule has 25 heavy (non-hydrogen) atoms. The number of aryl methyl sites for hydroxylation is 2. The molecule has 0 saturated carbocycles. The summed E-state index contributed by atoms with van der Waals surface area (Å²) in [6, 6.07) is 14.2.